The zero-order valence-corrected chi connectivity index (χ0v) is 18.7. The Hall–Kier alpha value is -3.16. The number of benzene rings is 1. The summed E-state index contributed by atoms with van der Waals surface area (Å²) in [5.41, 5.74) is 1.63. The molecule has 1 aliphatic heterocycles. The minimum Gasteiger partial charge on any atom is -0.361 e. The van der Waals surface area contributed by atoms with Crippen LogP contribution in [0.4, 0.5) is 0 Å². The van der Waals surface area contributed by atoms with Crippen LogP contribution in [0.15, 0.2) is 35.0 Å². The fraction of sp³-hybridized carbons (Fsp3) is 0.500. The van der Waals surface area contributed by atoms with E-state index in [-0.39, 0.29) is 29.7 Å². The molecule has 1 aromatic carbocycles. The van der Waals surface area contributed by atoms with Gasteiger partial charge in [0.05, 0.1) is 11.8 Å². The molecule has 2 aromatic heterocycles. The lowest BCUT2D eigenvalue weighted by Crippen LogP contribution is -2.40. The van der Waals surface area contributed by atoms with Gasteiger partial charge in [-0.15, -0.1) is 0 Å². The van der Waals surface area contributed by atoms with Crippen molar-refractivity contribution in [3.05, 3.63) is 47.7 Å². The number of hydrogen-bond donors (Lipinski definition) is 2. The molecule has 8 nitrogen and oxygen atoms in total. The number of rotatable bonds is 5. The lowest BCUT2D eigenvalue weighted by molar-refractivity contribution is -0.134. The molecule has 2 amide bonds. The highest BCUT2D eigenvalue weighted by Gasteiger charge is 2.58. The van der Waals surface area contributed by atoms with Crippen LogP contribution in [0.3, 0.4) is 0 Å². The van der Waals surface area contributed by atoms with E-state index in [2.05, 4.69) is 20.4 Å². The number of H-pyrrole nitrogens is 1. The molecule has 1 saturated carbocycles. The van der Waals surface area contributed by atoms with Crippen LogP contribution in [0.5, 0.6) is 0 Å². The van der Waals surface area contributed by atoms with Crippen molar-refractivity contribution in [1.29, 1.82) is 0 Å². The van der Waals surface area contributed by atoms with E-state index in [0.717, 1.165) is 22.9 Å². The average Bonchev–Trinajstić information content (AvgIpc) is 3.50. The summed E-state index contributed by atoms with van der Waals surface area (Å²) >= 11 is 0. The lowest BCUT2D eigenvalue weighted by Gasteiger charge is -2.26. The first-order valence-corrected chi connectivity index (χ1v) is 11.3. The van der Waals surface area contributed by atoms with Crippen LogP contribution in [0.1, 0.15) is 44.0 Å². The van der Waals surface area contributed by atoms with Crippen molar-refractivity contribution in [3.8, 4) is 0 Å². The van der Waals surface area contributed by atoms with E-state index in [1.54, 1.807) is 6.92 Å². The summed E-state index contributed by atoms with van der Waals surface area (Å²) in [6, 6.07) is 8.01. The molecule has 1 aliphatic carbocycles. The molecule has 3 atom stereocenters. The van der Waals surface area contributed by atoms with Crippen LogP contribution in [-0.4, -0.2) is 51.0 Å². The molecule has 2 N–H and O–H groups in total. The van der Waals surface area contributed by atoms with Gasteiger partial charge in [0, 0.05) is 42.1 Å². The summed E-state index contributed by atoms with van der Waals surface area (Å²) in [5, 5.41) is 8.31. The Labute approximate surface area is 186 Å². The number of hydrogen-bond acceptors (Lipinski definition) is 5. The molecular formula is C24H29N5O3. The Morgan fingerprint density at radius 2 is 2.16 bits per heavy atom. The first-order valence-electron chi connectivity index (χ1n) is 11.3. The summed E-state index contributed by atoms with van der Waals surface area (Å²) in [4.78, 5) is 35.3. The second kappa shape index (κ2) is 7.76. The van der Waals surface area contributed by atoms with Crippen molar-refractivity contribution in [2.24, 2.45) is 11.8 Å². The third kappa shape index (κ3) is 3.47. The van der Waals surface area contributed by atoms with E-state index in [1.807, 2.05) is 49.2 Å². The normalized spacial score (nSPS) is 24.9. The minimum atomic E-state index is -0.398. The Morgan fingerprint density at radius 3 is 2.91 bits per heavy atom. The number of para-hydroxylation sites is 1. The van der Waals surface area contributed by atoms with Gasteiger partial charge in [-0.05, 0) is 37.3 Å². The smallest absolute Gasteiger partial charge is 0.235 e. The van der Waals surface area contributed by atoms with Crippen molar-refractivity contribution in [2.45, 2.75) is 51.5 Å². The number of amides is 2. The quantitative estimate of drug-likeness (QED) is 0.641. The Morgan fingerprint density at radius 1 is 1.34 bits per heavy atom. The number of carbonyl (C=O) groups excluding carboxylic acids is 2. The largest absolute Gasteiger partial charge is 0.361 e. The Bertz CT molecular complexity index is 1170. The summed E-state index contributed by atoms with van der Waals surface area (Å²) in [5.74, 6) is 1.47. The van der Waals surface area contributed by atoms with Gasteiger partial charge in [0.2, 0.25) is 17.7 Å². The number of nitrogens with zero attached hydrogens (tertiary/aromatic N) is 3. The molecule has 5 rings (SSSR count). The fourth-order valence-corrected chi connectivity index (χ4v) is 5.57. The van der Waals surface area contributed by atoms with Crippen molar-refractivity contribution in [1.82, 2.24) is 25.3 Å². The van der Waals surface area contributed by atoms with Crippen LogP contribution in [0, 0.1) is 18.8 Å². The first-order chi connectivity index (χ1) is 15.4. The van der Waals surface area contributed by atoms with E-state index in [9.17, 15) is 9.59 Å². The van der Waals surface area contributed by atoms with Gasteiger partial charge < -0.3 is 19.7 Å². The second-order valence-corrected chi connectivity index (χ2v) is 9.61. The van der Waals surface area contributed by atoms with Crippen molar-refractivity contribution in [3.63, 3.8) is 0 Å². The standard InChI is InChI=1S/C24H29N5O3/c1-14(2)22(31)29-12-17-9-18(10-24(17,13-29)23-26-15(3)28-32-23)27-21(30)8-16-11-25-20-7-5-4-6-19(16)20/h4-7,11,14,17-18,25H,8-10,12-13H2,1-3H3,(H,27,30)/t17?,18-,24+/m1/s1. The van der Waals surface area contributed by atoms with Crippen LogP contribution >= 0.6 is 0 Å². The molecule has 168 valence electrons. The van der Waals surface area contributed by atoms with Crippen LogP contribution in [0.2, 0.25) is 0 Å². The molecule has 0 spiro atoms. The highest BCUT2D eigenvalue weighted by atomic mass is 16.5. The van der Waals surface area contributed by atoms with Gasteiger partial charge in [-0.1, -0.05) is 37.2 Å². The topological polar surface area (TPSA) is 104 Å². The van der Waals surface area contributed by atoms with Crippen molar-refractivity contribution >= 4 is 22.7 Å². The minimum absolute atomic E-state index is 0.00620. The maximum absolute atomic E-state index is 12.9. The number of nitrogens with one attached hydrogen (secondary N) is 2. The van der Waals surface area contributed by atoms with E-state index in [0.29, 0.717) is 37.6 Å². The zero-order valence-electron chi connectivity index (χ0n) is 18.7. The average molecular weight is 436 g/mol. The molecule has 1 unspecified atom stereocenters. The molecule has 3 aromatic rings. The predicted octanol–water partition coefficient (Wildman–Crippen LogP) is 2.73. The molecule has 0 bridgehead atoms. The number of aromatic nitrogens is 3. The summed E-state index contributed by atoms with van der Waals surface area (Å²) in [6.45, 7) is 6.87. The highest BCUT2D eigenvalue weighted by Crippen LogP contribution is 2.50. The molecule has 3 heterocycles. The lowest BCUT2D eigenvalue weighted by atomic mass is 9.80. The predicted molar refractivity (Wildman–Crippen MR) is 119 cm³/mol. The molecule has 32 heavy (non-hydrogen) atoms. The first kappa shape index (κ1) is 20.7. The van der Waals surface area contributed by atoms with Crippen LogP contribution in [-0.2, 0) is 21.4 Å². The van der Waals surface area contributed by atoms with Gasteiger partial charge in [-0.3, -0.25) is 9.59 Å². The van der Waals surface area contributed by atoms with E-state index in [4.69, 9.17) is 4.52 Å². The maximum Gasteiger partial charge on any atom is 0.235 e. The number of fused-ring (bicyclic) bond motifs is 2. The van der Waals surface area contributed by atoms with E-state index < -0.39 is 5.41 Å². The summed E-state index contributed by atoms with van der Waals surface area (Å²) in [7, 11) is 0. The second-order valence-electron chi connectivity index (χ2n) is 9.61. The van der Waals surface area contributed by atoms with Gasteiger partial charge in [0.1, 0.15) is 0 Å². The van der Waals surface area contributed by atoms with Crippen LogP contribution in [0.25, 0.3) is 10.9 Å². The Balaban J connectivity index is 1.32. The number of carbonyl (C=O) groups is 2. The van der Waals surface area contributed by atoms with Gasteiger partial charge in [0.15, 0.2) is 5.82 Å². The molecule has 2 fully saturated rings. The highest BCUT2D eigenvalue weighted by molar-refractivity contribution is 5.89. The molecular weight excluding hydrogens is 406 g/mol. The van der Waals surface area contributed by atoms with Gasteiger partial charge >= 0.3 is 0 Å². The van der Waals surface area contributed by atoms with E-state index >= 15 is 0 Å². The van der Waals surface area contributed by atoms with Crippen molar-refractivity contribution in [2.75, 3.05) is 13.1 Å². The maximum atomic E-state index is 12.9. The van der Waals surface area contributed by atoms with Gasteiger partial charge in [-0.25, -0.2) is 0 Å². The number of aromatic amines is 1. The van der Waals surface area contributed by atoms with E-state index in [1.165, 1.54) is 0 Å². The van der Waals surface area contributed by atoms with Gasteiger partial charge in [0.25, 0.3) is 0 Å². The number of aryl methyl sites for hydroxylation is 1. The summed E-state index contributed by atoms with van der Waals surface area (Å²) < 4.78 is 5.61. The molecule has 2 aliphatic rings. The third-order valence-electron chi connectivity index (χ3n) is 7.03. The fourth-order valence-electron chi connectivity index (χ4n) is 5.57. The SMILES string of the molecule is Cc1noc([C@]23C[C@H](NC(=O)Cc4c[nH]c5ccccc45)CC2CN(C(=O)C(C)C)C3)n1. The summed E-state index contributed by atoms with van der Waals surface area (Å²) in [6.07, 6.45) is 3.73. The van der Waals surface area contributed by atoms with Crippen LogP contribution < -0.4 is 5.32 Å². The van der Waals surface area contributed by atoms with Gasteiger partial charge in [-0.2, -0.15) is 4.98 Å². The monoisotopic (exact) mass is 435 g/mol. The number of likely N-dealkylation sites (tertiary alicyclic amines) is 1. The molecule has 8 heteroatoms. The van der Waals surface area contributed by atoms with Crippen molar-refractivity contribution < 1.29 is 14.1 Å². The third-order valence-corrected chi connectivity index (χ3v) is 7.03. The zero-order chi connectivity index (χ0) is 22.5. The molecule has 1 saturated heterocycles. The Kier molecular flexibility index (Phi) is 5.03. The molecule has 0 radical (unpaired) electrons.